The van der Waals surface area contributed by atoms with Gasteiger partial charge >= 0.3 is 0 Å². The molecule has 0 saturated carbocycles. The third kappa shape index (κ3) is 42.5. The summed E-state index contributed by atoms with van der Waals surface area (Å²) in [5, 5.41) is 16.0. The molecular weight excluding hydrogens is 1190 g/mol. The van der Waals surface area contributed by atoms with E-state index in [1.807, 2.05) is 58.3 Å². The lowest BCUT2D eigenvalue weighted by atomic mass is 10.1. The van der Waals surface area contributed by atoms with Gasteiger partial charge < -0.3 is 8.83 Å². The van der Waals surface area contributed by atoms with Gasteiger partial charge in [-0.05, 0) is 168 Å². The van der Waals surface area contributed by atoms with Crippen molar-refractivity contribution in [1.82, 2.24) is 49.3 Å². The third-order valence-electron chi connectivity index (χ3n) is 15.2. The van der Waals surface area contributed by atoms with Crippen LogP contribution in [0.25, 0.3) is 0 Å². The van der Waals surface area contributed by atoms with Gasteiger partial charge in [0.05, 0.1) is 40.0 Å². The van der Waals surface area contributed by atoms with Crippen molar-refractivity contribution in [2.75, 3.05) is 0 Å². The first-order valence-electron chi connectivity index (χ1n) is 36.5. The van der Waals surface area contributed by atoms with Crippen LogP contribution < -0.4 is 0 Å². The molecule has 0 unspecified atom stereocenters. The summed E-state index contributed by atoms with van der Waals surface area (Å²) >= 11 is 3.74. The zero-order valence-corrected chi connectivity index (χ0v) is 66.4. The molecule has 0 aromatic carbocycles. The normalized spacial score (nSPS) is 11.5. The van der Waals surface area contributed by atoms with Crippen LogP contribution in [-0.2, 0) is 51.6 Å². The van der Waals surface area contributed by atoms with Crippen LogP contribution >= 0.6 is 22.7 Å². The van der Waals surface area contributed by atoms with Gasteiger partial charge in [0, 0.05) is 90.5 Å². The van der Waals surface area contributed by atoms with E-state index in [-0.39, 0.29) is 0 Å². The lowest BCUT2D eigenvalue weighted by molar-refractivity contribution is 0.420. The van der Waals surface area contributed by atoms with Crippen LogP contribution in [0.5, 0.6) is 0 Å². The van der Waals surface area contributed by atoms with E-state index in [9.17, 15) is 0 Å². The molecule has 93 heavy (non-hydrogen) atoms. The second kappa shape index (κ2) is 48.1. The molecule has 0 aliphatic carbocycles. The Bertz CT molecular complexity index is 2330. The molecule has 7 aromatic heterocycles. The van der Waals surface area contributed by atoms with E-state index < -0.39 is 0 Å². The second-order valence-corrected chi connectivity index (χ2v) is 33.2. The molecule has 7 heterocycles. The van der Waals surface area contributed by atoms with E-state index >= 15 is 0 Å². The van der Waals surface area contributed by atoms with E-state index in [1.165, 1.54) is 94.5 Å². The summed E-state index contributed by atoms with van der Waals surface area (Å²) in [7, 11) is 0. The Morgan fingerprint density at radius 2 is 0.957 bits per heavy atom. The number of hydrogen-bond donors (Lipinski definition) is 0. The summed E-state index contributed by atoms with van der Waals surface area (Å²) in [6.45, 7) is 63.9. The van der Waals surface area contributed by atoms with Gasteiger partial charge in [0.1, 0.15) is 11.5 Å². The van der Waals surface area contributed by atoms with Gasteiger partial charge in [0.25, 0.3) is 0 Å². The molecule has 0 spiro atoms. The van der Waals surface area contributed by atoms with Crippen LogP contribution in [0, 0.1) is 47.3 Å². The number of hydrogen-bond acceptors (Lipinski definition) is 11. The van der Waals surface area contributed by atoms with Crippen molar-refractivity contribution in [3.8, 4) is 0 Å². The van der Waals surface area contributed by atoms with Gasteiger partial charge in [-0.1, -0.05) is 180 Å². The molecule has 0 saturated heterocycles. The second-order valence-electron chi connectivity index (χ2n) is 30.9. The van der Waals surface area contributed by atoms with E-state index in [4.69, 9.17) is 8.83 Å². The minimum absolute atomic E-state index is 0.391. The molecular formula is C79H140N10O2S2. The Hall–Kier alpha value is -4.69. The van der Waals surface area contributed by atoms with Crippen molar-refractivity contribution >= 4 is 22.7 Å². The lowest BCUT2D eigenvalue weighted by Gasteiger charge is -2.04. The number of rotatable bonds is 30. The Labute approximate surface area is 579 Å². The maximum atomic E-state index is 5.67. The Morgan fingerprint density at radius 1 is 0.409 bits per heavy atom. The van der Waals surface area contributed by atoms with Crippen LogP contribution in [0.3, 0.4) is 0 Å². The number of aryl methyl sites for hydroxylation is 8. The third-order valence-corrected chi connectivity index (χ3v) is 17.9. The first-order valence-corrected chi connectivity index (χ1v) is 38.1. The fraction of sp³-hybridized carbons (Fsp3) is 0.734. The van der Waals surface area contributed by atoms with Crippen molar-refractivity contribution < 1.29 is 8.83 Å². The minimum atomic E-state index is 0.391. The molecule has 0 aliphatic rings. The van der Waals surface area contributed by atoms with E-state index in [0.717, 1.165) is 116 Å². The highest BCUT2D eigenvalue weighted by molar-refractivity contribution is 7.12. The number of aromatic nitrogens is 10. The van der Waals surface area contributed by atoms with Crippen molar-refractivity contribution in [3.05, 3.63) is 122 Å². The molecule has 0 aliphatic heterocycles. The average molecular weight is 1330 g/mol. The smallest absolute Gasteiger partial charge is 0.196 e. The minimum Gasteiger partial charge on any atom is -0.446 e. The number of nitrogens with zero attached hydrogens (tertiary/aromatic N) is 10. The molecule has 0 bridgehead atoms. The van der Waals surface area contributed by atoms with Crippen LogP contribution in [0.2, 0.25) is 0 Å². The van der Waals surface area contributed by atoms with Crippen molar-refractivity contribution in [3.63, 3.8) is 0 Å². The maximum Gasteiger partial charge on any atom is 0.196 e. The molecule has 0 amide bonds. The summed E-state index contributed by atoms with van der Waals surface area (Å²) < 4.78 is 17.3. The monoisotopic (exact) mass is 1330 g/mol. The topological polar surface area (TPSA) is 131 Å². The van der Waals surface area contributed by atoms with Gasteiger partial charge in [-0.25, -0.2) is 19.9 Å². The van der Waals surface area contributed by atoms with E-state index in [1.54, 1.807) is 0 Å². The number of thiazole rings is 2. The van der Waals surface area contributed by atoms with Crippen molar-refractivity contribution in [1.29, 1.82) is 0 Å². The Balaban J connectivity index is 0.000000545. The van der Waals surface area contributed by atoms with E-state index in [0.29, 0.717) is 35.6 Å². The molecule has 530 valence electrons. The fourth-order valence-electron chi connectivity index (χ4n) is 8.45. The molecule has 7 aromatic rings. The van der Waals surface area contributed by atoms with Crippen LogP contribution in [-0.4, -0.2) is 49.3 Å². The lowest BCUT2D eigenvalue weighted by Crippen LogP contribution is -2.03. The zero-order valence-electron chi connectivity index (χ0n) is 64.8. The first-order chi connectivity index (χ1) is 43.6. The van der Waals surface area contributed by atoms with Gasteiger partial charge in [0.15, 0.2) is 11.8 Å². The molecule has 7 rings (SSSR count). The van der Waals surface area contributed by atoms with Gasteiger partial charge in [-0.2, -0.15) is 15.3 Å². The number of oxazole rings is 2. The molecule has 0 radical (unpaired) electrons. The largest absolute Gasteiger partial charge is 0.446 e. The highest BCUT2D eigenvalue weighted by atomic mass is 32.1. The summed E-state index contributed by atoms with van der Waals surface area (Å²) in [5.41, 5.74) is 3.80. The highest BCUT2D eigenvalue weighted by Gasteiger charge is 2.12. The standard InChI is InChI=1S/2C13H24N2.C13H23NO.C13H23NS.C9H16N2.C9H15NO.C9H15NS/c1-11(2)5-6-13-8-10-15(14-13)9-7-12(3)4;1-11(2)5-6-13-9-14-15(10-13)8-7-12(3)4;2*1-10(2)5-7-12-9-14-13(15-12)8-6-11(3)4;1-7(2)9-5-6-11(10-9)8(3)4;2*1-6(2)8-5-10-9(11-8)7(3)4/h8,10-12H,5-7,9H2,1-4H3;9-12H,5-8H2,1-4H3;2*9-11H,5-8H2,1-4H3;5-8H,1-4H3;2*5-7H,1-4H3. The van der Waals surface area contributed by atoms with Crippen molar-refractivity contribution in [2.24, 2.45) is 47.3 Å². The maximum absolute atomic E-state index is 5.67. The predicted molar refractivity (Wildman–Crippen MR) is 403 cm³/mol. The van der Waals surface area contributed by atoms with Gasteiger partial charge in [-0.15, -0.1) is 22.7 Å². The fourth-order valence-corrected chi connectivity index (χ4v) is 10.3. The summed E-state index contributed by atoms with van der Waals surface area (Å²) in [5.74, 6) is 12.4. The van der Waals surface area contributed by atoms with Gasteiger partial charge in [-0.3, -0.25) is 14.0 Å². The van der Waals surface area contributed by atoms with E-state index in [2.05, 4.69) is 269 Å². The molecule has 12 nitrogen and oxygen atoms in total. The van der Waals surface area contributed by atoms with Crippen LogP contribution in [0.4, 0.5) is 0 Å². The van der Waals surface area contributed by atoms with Gasteiger partial charge in [0.2, 0.25) is 0 Å². The highest BCUT2D eigenvalue weighted by Crippen LogP contribution is 2.27. The molecule has 0 fully saturated rings. The summed E-state index contributed by atoms with van der Waals surface area (Å²) in [6.07, 6.45) is 32.6. The van der Waals surface area contributed by atoms with Crippen LogP contribution in [0.15, 0.2) is 70.5 Å². The van der Waals surface area contributed by atoms with Crippen molar-refractivity contribution in [2.45, 2.75) is 332 Å². The molecule has 0 atom stereocenters. The quantitative estimate of drug-likeness (QED) is 0.0432. The Kier molecular flexibility index (Phi) is 44.6. The summed E-state index contributed by atoms with van der Waals surface area (Å²) in [6, 6.07) is 4.72. The average Bonchev–Trinajstić information content (AvgIpc) is 2.00. The Morgan fingerprint density at radius 3 is 1.43 bits per heavy atom. The summed E-state index contributed by atoms with van der Waals surface area (Å²) in [4.78, 5) is 20.2. The molecule has 0 N–H and O–H groups in total. The zero-order chi connectivity index (χ0) is 70.3. The first kappa shape index (κ1) is 86.3. The SMILES string of the molecule is CC(C)CCc1ccn(CCC(C)C)n1.CC(C)CCc1cnc(CCC(C)C)o1.CC(C)CCc1cnc(CCC(C)C)s1.CC(C)CCc1cnn(CCC(C)C)c1.CC(C)c1ccn(C(C)C)n1.CC(C)c1cnc(C(C)C)o1.CC(C)c1cnc(C(C)C)s1. The predicted octanol–water partition coefficient (Wildman–Crippen LogP) is 24.1. The molecule has 14 heteroatoms. The van der Waals surface area contributed by atoms with Crippen LogP contribution in [0.1, 0.15) is 341 Å².